The first-order valence-corrected chi connectivity index (χ1v) is 10.5. The van der Waals surface area contributed by atoms with Gasteiger partial charge < -0.3 is 10.1 Å². The summed E-state index contributed by atoms with van der Waals surface area (Å²) in [5.74, 6) is -0.167. The Hall–Kier alpha value is -2.41. The van der Waals surface area contributed by atoms with E-state index < -0.39 is 5.91 Å². The van der Waals surface area contributed by atoms with Crippen molar-refractivity contribution in [2.45, 2.75) is 45.4 Å². The average Bonchev–Trinajstić information content (AvgIpc) is 2.73. The van der Waals surface area contributed by atoms with Crippen LogP contribution in [0.3, 0.4) is 0 Å². The lowest BCUT2D eigenvalue weighted by Gasteiger charge is -2.31. The SMILES string of the molecule is CCCCCCNC(=O)C1CCCN(CC(=O)NC(=O)c2ccc(OC)cc2)C1. The summed E-state index contributed by atoms with van der Waals surface area (Å²) in [6, 6.07) is 6.58. The molecule has 1 atom stereocenters. The number of amides is 3. The highest BCUT2D eigenvalue weighted by molar-refractivity contribution is 6.05. The number of imide groups is 1. The quantitative estimate of drug-likeness (QED) is 0.586. The van der Waals surface area contributed by atoms with E-state index in [0.29, 0.717) is 24.4 Å². The Bertz CT molecular complexity index is 675. The van der Waals surface area contributed by atoms with Crippen LogP contribution < -0.4 is 15.4 Å². The Kier molecular flexibility index (Phi) is 9.64. The zero-order valence-corrected chi connectivity index (χ0v) is 17.5. The summed E-state index contributed by atoms with van der Waals surface area (Å²) in [5, 5.41) is 5.44. The molecule has 1 fully saturated rings. The van der Waals surface area contributed by atoms with E-state index in [2.05, 4.69) is 17.6 Å². The topological polar surface area (TPSA) is 87.7 Å². The normalized spacial score (nSPS) is 16.8. The molecule has 0 saturated carbocycles. The molecule has 7 heteroatoms. The molecule has 3 amide bonds. The fraction of sp³-hybridized carbons (Fsp3) is 0.591. The van der Waals surface area contributed by atoms with Crippen LogP contribution in [0.4, 0.5) is 0 Å². The van der Waals surface area contributed by atoms with Crippen molar-refractivity contribution in [3.63, 3.8) is 0 Å². The van der Waals surface area contributed by atoms with Crippen LogP contribution in [0.1, 0.15) is 55.8 Å². The minimum absolute atomic E-state index is 0.0703. The van der Waals surface area contributed by atoms with Gasteiger partial charge in [-0.15, -0.1) is 0 Å². The van der Waals surface area contributed by atoms with Crippen molar-refractivity contribution in [3.8, 4) is 5.75 Å². The first kappa shape index (κ1) is 22.9. The third-order valence-electron chi connectivity index (χ3n) is 5.18. The van der Waals surface area contributed by atoms with Crippen molar-refractivity contribution in [1.82, 2.24) is 15.5 Å². The summed E-state index contributed by atoms with van der Waals surface area (Å²) in [5.41, 5.74) is 0.401. The molecule has 1 aliphatic heterocycles. The van der Waals surface area contributed by atoms with Crippen LogP contribution in [-0.2, 0) is 9.59 Å². The molecule has 0 aliphatic carbocycles. The van der Waals surface area contributed by atoms with Gasteiger partial charge in [-0.05, 0) is 50.1 Å². The van der Waals surface area contributed by atoms with Crippen molar-refractivity contribution in [2.75, 3.05) is 33.3 Å². The van der Waals surface area contributed by atoms with E-state index in [-0.39, 0.29) is 24.3 Å². The first-order valence-electron chi connectivity index (χ1n) is 10.5. The van der Waals surface area contributed by atoms with Crippen LogP contribution in [0, 0.1) is 5.92 Å². The van der Waals surface area contributed by atoms with Crippen molar-refractivity contribution < 1.29 is 19.1 Å². The molecule has 7 nitrogen and oxygen atoms in total. The molecule has 1 aromatic rings. The number of piperidine rings is 1. The second-order valence-electron chi connectivity index (χ2n) is 7.53. The Morgan fingerprint density at radius 1 is 1.14 bits per heavy atom. The van der Waals surface area contributed by atoms with Crippen LogP contribution in [-0.4, -0.2) is 55.9 Å². The van der Waals surface area contributed by atoms with Gasteiger partial charge in [-0.2, -0.15) is 0 Å². The molecular formula is C22H33N3O4. The standard InChI is InChI=1S/C22H33N3O4/c1-3-4-5-6-13-23-21(27)18-8-7-14-25(15-18)16-20(26)24-22(28)17-9-11-19(29-2)12-10-17/h9-12,18H,3-8,13-16H2,1-2H3,(H,23,27)(H,24,26,28). The van der Waals surface area contributed by atoms with Gasteiger partial charge in [0.05, 0.1) is 19.6 Å². The van der Waals surface area contributed by atoms with E-state index in [0.717, 1.165) is 32.2 Å². The van der Waals surface area contributed by atoms with Gasteiger partial charge in [0.1, 0.15) is 5.75 Å². The predicted molar refractivity (Wildman–Crippen MR) is 112 cm³/mol. The zero-order valence-electron chi connectivity index (χ0n) is 17.5. The number of ether oxygens (including phenoxy) is 1. The third kappa shape index (κ3) is 7.85. The lowest BCUT2D eigenvalue weighted by Crippen LogP contribution is -2.47. The number of rotatable bonds is 10. The monoisotopic (exact) mass is 403 g/mol. The maximum atomic E-state index is 12.4. The van der Waals surface area contributed by atoms with Crippen molar-refractivity contribution >= 4 is 17.7 Å². The molecular weight excluding hydrogens is 370 g/mol. The molecule has 2 N–H and O–H groups in total. The van der Waals surface area contributed by atoms with E-state index in [4.69, 9.17) is 4.74 Å². The van der Waals surface area contributed by atoms with Gasteiger partial charge in [0.15, 0.2) is 0 Å². The van der Waals surface area contributed by atoms with Gasteiger partial charge in [-0.3, -0.25) is 24.6 Å². The van der Waals surface area contributed by atoms with Crippen LogP contribution in [0.25, 0.3) is 0 Å². The summed E-state index contributed by atoms with van der Waals surface area (Å²) >= 11 is 0. The number of likely N-dealkylation sites (tertiary alicyclic amines) is 1. The second kappa shape index (κ2) is 12.2. The number of benzene rings is 1. The van der Waals surface area contributed by atoms with Crippen molar-refractivity contribution in [1.29, 1.82) is 0 Å². The Morgan fingerprint density at radius 3 is 2.59 bits per heavy atom. The molecule has 1 saturated heterocycles. The number of nitrogens with zero attached hydrogens (tertiary/aromatic N) is 1. The fourth-order valence-corrected chi connectivity index (χ4v) is 3.50. The van der Waals surface area contributed by atoms with Gasteiger partial charge in [0.25, 0.3) is 5.91 Å². The predicted octanol–water partition coefficient (Wildman–Crippen LogP) is 2.36. The lowest BCUT2D eigenvalue weighted by molar-refractivity contribution is -0.128. The highest BCUT2D eigenvalue weighted by Gasteiger charge is 2.27. The summed E-state index contributed by atoms with van der Waals surface area (Å²) in [7, 11) is 1.55. The lowest BCUT2D eigenvalue weighted by atomic mass is 9.97. The van der Waals surface area contributed by atoms with Crippen LogP contribution >= 0.6 is 0 Å². The van der Waals surface area contributed by atoms with Gasteiger partial charge >= 0.3 is 0 Å². The average molecular weight is 404 g/mol. The summed E-state index contributed by atoms with van der Waals surface area (Å²) in [6.45, 7) is 4.29. The van der Waals surface area contributed by atoms with Gasteiger partial charge in [0.2, 0.25) is 11.8 Å². The molecule has 2 rings (SSSR count). The smallest absolute Gasteiger partial charge is 0.257 e. The maximum Gasteiger partial charge on any atom is 0.257 e. The Labute approximate surface area is 173 Å². The summed E-state index contributed by atoms with van der Waals surface area (Å²) in [4.78, 5) is 38.8. The van der Waals surface area contributed by atoms with Gasteiger partial charge in [0, 0.05) is 18.7 Å². The number of methoxy groups -OCH3 is 1. The molecule has 0 aromatic heterocycles. The minimum Gasteiger partial charge on any atom is -0.497 e. The molecule has 29 heavy (non-hydrogen) atoms. The van der Waals surface area contributed by atoms with Crippen molar-refractivity contribution in [3.05, 3.63) is 29.8 Å². The number of carbonyl (C=O) groups excluding carboxylic acids is 3. The van der Waals surface area contributed by atoms with Crippen LogP contribution in [0.2, 0.25) is 0 Å². The Morgan fingerprint density at radius 2 is 1.90 bits per heavy atom. The van der Waals surface area contributed by atoms with Crippen LogP contribution in [0.5, 0.6) is 5.75 Å². The molecule has 1 heterocycles. The number of hydrogen-bond donors (Lipinski definition) is 2. The highest BCUT2D eigenvalue weighted by Crippen LogP contribution is 2.16. The highest BCUT2D eigenvalue weighted by atomic mass is 16.5. The number of unbranched alkanes of at least 4 members (excludes halogenated alkanes) is 3. The number of hydrogen-bond acceptors (Lipinski definition) is 5. The summed E-state index contributed by atoms with van der Waals surface area (Å²) in [6.07, 6.45) is 6.21. The largest absolute Gasteiger partial charge is 0.497 e. The van der Waals surface area contributed by atoms with E-state index >= 15 is 0 Å². The number of nitrogens with one attached hydrogen (secondary N) is 2. The van der Waals surface area contributed by atoms with Gasteiger partial charge in [-0.25, -0.2) is 0 Å². The van der Waals surface area contributed by atoms with Crippen LogP contribution in [0.15, 0.2) is 24.3 Å². The van der Waals surface area contributed by atoms with Crippen molar-refractivity contribution in [2.24, 2.45) is 5.92 Å². The Balaban J connectivity index is 1.74. The molecule has 0 radical (unpaired) electrons. The molecule has 1 aromatic carbocycles. The van der Waals surface area contributed by atoms with E-state index in [1.165, 1.54) is 12.8 Å². The fourth-order valence-electron chi connectivity index (χ4n) is 3.50. The molecule has 0 bridgehead atoms. The molecule has 1 aliphatic rings. The van der Waals surface area contributed by atoms with E-state index in [1.807, 2.05) is 4.90 Å². The minimum atomic E-state index is -0.434. The maximum absolute atomic E-state index is 12.4. The zero-order chi connectivity index (χ0) is 21.1. The first-order chi connectivity index (χ1) is 14.0. The number of carbonyl (C=O) groups is 3. The van der Waals surface area contributed by atoms with E-state index in [9.17, 15) is 14.4 Å². The van der Waals surface area contributed by atoms with Gasteiger partial charge in [-0.1, -0.05) is 26.2 Å². The molecule has 160 valence electrons. The van der Waals surface area contributed by atoms with E-state index in [1.54, 1.807) is 31.4 Å². The molecule has 0 spiro atoms. The third-order valence-corrected chi connectivity index (χ3v) is 5.18. The second-order valence-corrected chi connectivity index (χ2v) is 7.53. The molecule has 1 unspecified atom stereocenters. The summed E-state index contributed by atoms with van der Waals surface area (Å²) < 4.78 is 5.06.